The van der Waals surface area contributed by atoms with Gasteiger partial charge in [0.2, 0.25) is 5.78 Å². The molecule has 1 aromatic heterocycles. The SMILES string of the molecule is C=CCC1/C=C(/C)CCOC(=O)CCCCC(=O)C(=O)N2CCCC[C@H]2C(=O)O[C@H](CCc2cccnc2)[C@@H](C)CCC1=O. The Bertz CT molecular complexity index is 1180. The quantitative estimate of drug-likeness (QED) is 0.244. The van der Waals surface area contributed by atoms with Crippen molar-refractivity contribution in [2.24, 2.45) is 11.8 Å². The largest absolute Gasteiger partial charge is 0.465 e. The van der Waals surface area contributed by atoms with E-state index in [1.807, 2.05) is 32.1 Å². The molecule has 0 radical (unpaired) electrons. The molecule has 2 aliphatic rings. The molecule has 1 aromatic rings. The van der Waals surface area contributed by atoms with Gasteiger partial charge in [-0.25, -0.2) is 4.79 Å². The normalized spacial score (nSPS) is 27.1. The van der Waals surface area contributed by atoms with Gasteiger partial charge in [-0.15, -0.1) is 6.58 Å². The molecule has 0 bridgehead atoms. The van der Waals surface area contributed by atoms with Gasteiger partial charge < -0.3 is 14.4 Å². The van der Waals surface area contributed by atoms with Crippen molar-refractivity contribution in [2.75, 3.05) is 13.2 Å². The molecule has 1 unspecified atom stereocenters. The third kappa shape index (κ3) is 11.1. The third-order valence-electron chi connectivity index (χ3n) is 8.58. The van der Waals surface area contributed by atoms with Crippen molar-refractivity contribution < 1.29 is 33.4 Å². The van der Waals surface area contributed by atoms with E-state index < -0.39 is 29.8 Å². The van der Waals surface area contributed by atoms with Crippen LogP contribution >= 0.6 is 0 Å². The Morgan fingerprint density at radius 1 is 1.02 bits per heavy atom. The predicted octanol–water partition coefficient (Wildman–Crippen LogP) is 5.51. The Balaban J connectivity index is 1.83. The van der Waals surface area contributed by atoms with Crippen LogP contribution in [0.1, 0.15) is 96.5 Å². The molecular formula is C35H48N2O7. The summed E-state index contributed by atoms with van der Waals surface area (Å²) < 4.78 is 11.5. The molecular weight excluding hydrogens is 560 g/mol. The van der Waals surface area contributed by atoms with Crippen molar-refractivity contribution >= 4 is 29.4 Å². The number of piperidine rings is 1. The molecule has 1 amide bonds. The second-order valence-corrected chi connectivity index (χ2v) is 12.1. The minimum atomic E-state index is -0.826. The van der Waals surface area contributed by atoms with Crippen molar-refractivity contribution in [3.8, 4) is 0 Å². The zero-order valence-corrected chi connectivity index (χ0v) is 26.3. The molecule has 4 atom stereocenters. The summed E-state index contributed by atoms with van der Waals surface area (Å²) in [7, 11) is 0. The number of aromatic nitrogens is 1. The lowest BCUT2D eigenvalue weighted by Gasteiger charge is -2.35. The number of ether oxygens (including phenoxy) is 2. The Labute approximate surface area is 261 Å². The van der Waals surface area contributed by atoms with E-state index in [9.17, 15) is 24.0 Å². The number of fused-ring (bicyclic) bond motifs is 1. The topological polar surface area (TPSA) is 120 Å². The summed E-state index contributed by atoms with van der Waals surface area (Å²) in [4.78, 5) is 70.7. The zero-order chi connectivity index (χ0) is 31.9. The standard InChI is InChI=1S/C35H48N2O7/c1-4-10-28-23-25(2)19-22-43-33(40)14-6-5-13-31(39)34(41)37-21-8-7-12-29(37)35(42)44-32(26(3)15-17-30(28)38)18-16-27-11-9-20-36-24-27/h4,9,11,20,23-24,26,28-29,32H,1,5-8,10,12-19,21-22H2,2-3H3/b25-23-/t26-,28?,29-,32+/m0/s1. The first kappa shape index (κ1) is 34.9. The maximum Gasteiger partial charge on any atom is 0.329 e. The maximum absolute atomic E-state index is 13.6. The predicted molar refractivity (Wildman–Crippen MR) is 166 cm³/mol. The zero-order valence-electron chi connectivity index (χ0n) is 26.3. The van der Waals surface area contributed by atoms with Crippen molar-refractivity contribution in [1.82, 2.24) is 9.88 Å². The molecule has 44 heavy (non-hydrogen) atoms. The van der Waals surface area contributed by atoms with Crippen LogP contribution in [0.3, 0.4) is 0 Å². The summed E-state index contributed by atoms with van der Waals surface area (Å²) in [6.07, 6.45) is 12.6. The highest BCUT2D eigenvalue weighted by molar-refractivity contribution is 6.36. The van der Waals surface area contributed by atoms with Gasteiger partial charge in [-0.2, -0.15) is 0 Å². The highest BCUT2D eigenvalue weighted by Gasteiger charge is 2.37. The molecule has 1 fully saturated rings. The number of hydrogen-bond donors (Lipinski definition) is 0. The highest BCUT2D eigenvalue weighted by atomic mass is 16.5. The fraction of sp³-hybridized carbons (Fsp3) is 0.600. The van der Waals surface area contributed by atoms with Gasteiger partial charge in [0.15, 0.2) is 0 Å². The number of cyclic esters (lactones) is 2. The van der Waals surface area contributed by atoms with E-state index >= 15 is 0 Å². The van der Waals surface area contributed by atoms with Crippen LogP contribution in [0.2, 0.25) is 0 Å². The molecule has 9 heteroatoms. The fourth-order valence-corrected chi connectivity index (χ4v) is 5.82. The molecule has 0 spiro atoms. The van der Waals surface area contributed by atoms with Crippen LogP contribution in [-0.4, -0.2) is 64.6 Å². The summed E-state index contributed by atoms with van der Waals surface area (Å²) in [6, 6.07) is 3.01. The molecule has 2 aliphatic heterocycles. The van der Waals surface area contributed by atoms with Crippen LogP contribution in [0.15, 0.2) is 48.8 Å². The molecule has 0 aromatic carbocycles. The summed E-state index contributed by atoms with van der Waals surface area (Å²) in [5, 5.41) is 0. The molecule has 3 heterocycles. The molecule has 1 saturated heterocycles. The number of rotatable bonds is 5. The van der Waals surface area contributed by atoms with Crippen molar-refractivity contribution in [1.29, 1.82) is 0 Å². The lowest BCUT2D eigenvalue weighted by molar-refractivity contribution is -0.165. The Morgan fingerprint density at radius 3 is 2.57 bits per heavy atom. The maximum atomic E-state index is 13.6. The number of pyridine rings is 1. The first-order chi connectivity index (χ1) is 21.2. The second-order valence-electron chi connectivity index (χ2n) is 12.1. The van der Waals surface area contributed by atoms with Gasteiger partial charge in [0.1, 0.15) is 17.9 Å². The fourth-order valence-electron chi connectivity index (χ4n) is 5.82. The van der Waals surface area contributed by atoms with Gasteiger partial charge in [-0.05, 0) is 82.3 Å². The van der Waals surface area contributed by atoms with Crippen LogP contribution in [0, 0.1) is 11.8 Å². The van der Waals surface area contributed by atoms with Gasteiger partial charge in [0, 0.05) is 50.5 Å². The Morgan fingerprint density at radius 2 is 1.82 bits per heavy atom. The van der Waals surface area contributed by atoms with E-state index in [-0.39, 0.29) is 43.0 Å². The van der Waals surface area contributed by atoms with Crippen LogP contribution in [-0.2, 0) is 39.9 Å². The lowest BCUT2D eigenvalue weighted by atomic mass is 9.88. The molecule has 3 rings (SSSR count). The average Bonchev–Trinajstić information content (AvgIpc) is 3.03. The first-order valence-electron chi connectivity index (χ1n) is 16.1. The van der Waals surface area contributed by atoms with Gasteiger partial charge in [0.05, 0.1) is 6.61 Å². The first-order valence-corrected chi connectivity index (χ1v) is 16.1. The number of Topliss-reactive ketones (excluding diaryl/α,β-unsaturated/α-hetero) is 2. The highest BCUT2D eigenvalue weighted by Crippen LogP contribution is 2.26. The summed E-state index contributed by atoms with van der Waals surface area (Å²) in [5.41, 5.74) is 1.97. The van der Waals surface area contributed by atoms with Gasteiger partial charge in [-0.3, -0.25) is 24.2 Å². The van der Waals surface area contributed by atoms with Gasteiger partial charge in [0.25, 0.3) is 5.91 Å². The number of carbonyl (C=O) groups excluding carboxylic acids is 5. The van der Waals surface area contributed by atoms with Crippen molar-refractivity contribution in [3.05, 3.63) is 54.4 Å². The lowest BCUT2D eigenvalue weighted by Crippen LogP contribution is -2.51. The Kier molecular flexibility index (Phi) is 14.5. The van der Waals surface area contributed by atoms with E-state index in [0.717, 1.165) is 17.6 Å². The van der Waals surface area contributed by atoms with Gasteiger partial charge in [-0.1, -0.05) is 30.7 Å². The van der Waals surface area contributed by atoms with Crippen molar-refractivity contribution in [3.63, 3.8) is 0 Å². The number of hydrogen-bond acceptors (Lipinski definition) is 8. The van der Waals surface area contributed by atoms with Crippen LogP contribution < -0.4 is 0 Å². The Hall–Kier alpha value is -3.62. The van der Waals surface area contributed by atoms with E-state index in [2.05, 4.69) is 11.6 Å². The third-order valence-corrected chi connectivity index (χ3v) is 8.58. The molecule has 9 nitrogen and oxygen atoms in total. The van der Waals surface area contributed by atoms with Gasteiger partial charge >= 0.3 is 11.9 Å². The van der Waals surface area contributed by atoms with Crippen molar-refractivity contribution in [2.45, 2.75) is 109 Å². The summed E-state index contributed by atoms with van der Waals surface area (Å²) >= 11 is 0. The number of amides is 1. The number of esters is 2. The number of aryl methyl sites for hydroxylation is 1. The number of ketones is 2. The van der Waals surface area contributed by atoms with E-state index in [4.69, 9.17) is 9.47 Å². The molecule has 240 valence electrons. The average molecular weight is 609 g/mol. The number of carbonyl (C=O) groups is 5. The smallest absolute Gasteiger partial charge is 0.329 e. The minimum absolute atomic E-state index is 0.00964. The molecule has 0 saturated carbocycles. The van der Waals surface area contributed by atoms with Crippen LogP contribution in [0.5, 0.6) is 0 Å². The van der Waals surface area contributed by atoms with E-state index in [1.54, 1.807) is 18.5 Å². The van der Waals surface area contributed by atoms with E-state index in [0.29, 0.717) is 70.8 Å². The van der Waals surface area contributed by atoms with Crippen LogP contribution in [0.4, 0.5) is 0 Å². The molecule has 0 aliphatic carbocycles. The number of allylic oxidation sites excluding steroid dienone is 2. The summed E-state index contributed by atoms with van der Waals surface area (Å²) in [5.74, 6) is -2.47. The monoisotopic (exact) mass is 608 g/mol. The van der Waals surface area contributed by atoms with Crippen LogP contribution in [0.25, 0.3) is 0 Å². The van der Waals surface area contributed by atoms with E-state index in [1.165, 1.54) is 4.90 Å². The minimum Gasteiger partial charge on any atom is -0.465 e. The number of nitrogens with zero attached hydrogens (tertiary/aromatic N) is 2. The second kappa shape index (κ2) is 18.2. The summed E-state index contributed by atoms with van der Waals surface area (Å²) in [6.45, 7) is 8.26. The molecule has 0 N–H and O–H groups in total.